The number of piperidine rings is 1. The van der Waals surface area contributed by atoms with Crippen LogP contribution in [0.2, 0.25) is 0 Å². The number of benzene rings is 1. The number of aromatic nitrogens is 2. The summed E-state index contributed by atoms with van der Waals surface area (Å²) in [5.41, 5.74) is 3.01. The molecule has 7 nitrogen and oxygen atoms in total. The molecule has 0 atom stereocenters. The number of hydrogen-bond donors (Lipinski definition) is 1. The fourth-order valence-corrected chi connectivity index (χ4v) is 5.77. The van der Waals surface area contributed by atoms with Crippen LogP contribution in [0.3, 0.4) is 0 Å². The van der Waals surface area contributed by atoms with Gasteiger partial charge in [0.05, 0.1) is 17.9 Å². The maximum absolute atomic E-state index is 13.2. The van der Waals surface area contributed by atoms with Crippen LogP contribution in [-0.4, -0.2) is 41.5 Å². The number of anilines is 1. The normalized spacial score (nSPS) is 16.0. The van der Waals surface area contributed by atoms with E-state index in [9.17, 15) is 13.2 Å². The third-order valence-electron chi connectivity index (χ3n) is 5.83. The molecule has 0 aliphatic carbocycles. The lowest BCUT2D eigenvalue weighted by atomic mass is 10.0. The molecule has 0 spiro atoms. The summed E-state index contributed by atoms with van der Waals surface area (Å²) in [6, 6.07) is 7.78. The van der Waals surface area contributed by atoms with Crippen molar-refractivity contribution in [3.63, 3.8) is 0 Å². The molecule has 1 aromatic heterocycles. The maximum Gasteiger partial charge on any atom is 0.246 e. The van der Waals surface area contributed by atoms with E-state index in [4.69, 9.17) is 0 Å². The molecule has 30 heavy (non-hydrogen) atoms. The molecule has 0 unspecified atom stereocenters. The molecule has 0 radical (unpaired) electrons. The molecule has 0 bridgehead atoms. The molecular weight excluding hydrogens is 400 g/mol. The number of hydrogen-bond acceptors (Lipinski definition) is 4. The van der Waals surface area contributed by atoms with Gasteiger partial charge in [-0.15, -0.1) is 0 Å². The Kier molecular flexibility index (Phi) is 6.98. The quantitative estimate of drug-likeness (QED) is 0.726. The first-order valence-corrected chi connectivity index (χ1v) is 12.1. The van der Waals surface area contributed by atoms with Crippen molar-refractivity contribution in [3.8, 4) is 0 Å². The minimum Gasteiger partial charge on any atom is -0.326 e. The zero-order valence-corrected chi connectivity index (χ0v) is 19.1. The minimum absolute atomic E-state index is 0.120. The minimum atomic E-state index is -3.57. The lowest BCUT2D eigenvalue weighted by Crippen LogP contribution is -2.38. The topological polar surface area (TPSA) is 84.3 Å². The molecule has 2 aromatic rings. The fraction of sp³-hybridized carbons (Fsp3) is 0.545. The van der Waals surface area contributed by atoms with Gasteiger partial charge < -0.3 is 5.32 Å². The van der Waals surface area contributed by atoms with E-state index >= 15 is 0 Å². The molecule has 2 heterocycles. The lowest BCUT2D eigenvalue weighted by molar-refractivity contribution is -0.116. The van der Waals surface area contributed by atoms with Crippen molar-refractivity contribution in [3.05, 3.63) is 41.2 Å². The van der Waals surface area contributed by atoms with Crippen LogP contribution in [0.4, 0.5) is 5.69 Å². The number of nitrogens with one attached hydrogen (secondary N) is 1. The first-order valence-electron chi connectivity index (χ1n) is 10.6. The zero-order valence-electron chi connectivity index (χ0n) is 18.3. The summed E-state index contributed by atoms with van der Waals surface area (Å²) in [7, 11) is -3.57. The van der Waals surface area contributed by atoms with Gasteiger partial charge in [0, 0.05) is 25.2 Å². The van der Waals surface area contributed by atoms with E-state index in [1.807, 2.05) is 24.3 Å². The van der Waals surface area contributed by atoms with Crippen molar-refractivity contribution in [2.45, 2.75) is 64.8 Å². The number of rotatable bonds is 7. The number of carbonyl (C=O) groups excluding carboxylic acids is 1. The fourth-order valence-electron chi connectivity index (χ4n) is 3.93. The summed E-state index contributed by atoms with van der Waals surface area (Å²) in [5, 5.41) is 7.33. The number of sulfonamides is 1. The average molecular weight is 433 g/mol. The monoisotopic (exact) mass is 432 g/mol. The zero-order chi connectivity index (χ0) is 21.9. The summed E-state index contributed by atoms with van der Waals surface area (Å²) in [5.74, 6) is 0.433. The van der Waals surface area contributed by atoms with E-state index in [1.54, 1.807) is 22.8 Å². The molecule has 164 valence electrons. The Labute approximate surface area is 179 Å². The van der Waals surface area contributed by atoms with E-state index < -0.39 is 10.0 Å². The van der Waals surface area contributed by atoms with E-state index in [1.165, 1.54) is 0 Å². The molecule has 1 aromatic carbocycles. The van der Waals surface area contributed by atoms with Crippen molar-refractivity contribution in [2.24, 2.45) is 5.92 Å². The molecule has 1 N–H and O–H groups in total. The van der Waals surface area contributed by atoms with Gasteiger partial charge in [0.2, 0.25) is 15.9 Å². The Balaban J connectivity index is 1.68. The smallest absolute Gasteiger partial charge is 0.246 e. The van der Waals surface area contributed by atoms with Crippen molar-refractivity contribution in [1.29, 1.82) is 0 Å². The van der Waals surface area contributed by atoms with Gasteiger partial charge >= 0.3 is 0 Å². The Bertz CT molecular complexity index is 1010. The van der Waals surface area contributed by atoms with Crippen LogP contribution >= 0.6 is 0 Å². The Morgan fingerprint density at radius 3 is 2.60 bits per heavy atom. The van der Waals surface area contributed by atoms with Gasteiger partial charge in [-0.05, 0) is 56.7 Å². The average Bonchev–Trinajstić information content (AvgIpc) is 3.00. The molecule has 3 rings (SSSR count). The van der Waals surface area contributed by atoms with Crippen LogP contribution in [0.25, 0.3) is 0 Å². The summed E-state index contributed by atoms with van der Waals surface area (Å²) in [4.78, 5) is 12.7. The van der Waals surface area contributed by atoms with Gasteiger partial charge in [-0.2, -0.15) is 9.40 Å². The second kappa shape index (κ2) is 9.31. The van der Waals surface area contributed by atoms with E-state index in [0.717, 1.165) is 30.5 Å². The number of amides is 1. The number of carbonyl (C=O) groups is 1. The van der Waals surface area contributed by atoms with Gasteiger partial charge in [-0.3, -0.25) is 9.48 Å². The molecule has 1 aliphatic rings. The Morgan fingerprint density at radius 1 is 1.23 bits per heavy atom. The van der Waals surface area contributed by atoms with Crippen LogP contribution in [0, 0.1) is 19.8 Å². The molecular formula is C22H32N4O3S. The predicted octanol–water partition coefficient (Wildman–Crippen LogP) is 3.51. The first-order chi connectivity index (χ1) is 14.2. The predicted molar refractivity (Wildman–Crippen MR) is 118 cm³/mol. The summed E-state index contributed by atoms with van der Waals surface area (Å²) in [6.45, 7) is 9.14. The van der Waals surface area contributed by atoms with Crippen molar-refractivity contribution in [1.82, 2.24) is 14.1 Å². The van der Waals surface area contributed by atoms with Gasteiger partial charge in [0.1, 0.15) is 4.90 Å². The molecule has 1 amide bonds. The molecule has 1 fully saturated rings. The van der Waals surface area contributed by atoms with Crippen molar-refractivity contribution >= 4 is 21.6 Å². The van der Waals surface area contributed by atoms with Crippen LogP contribution in [0.15, 0.2) is 29.2 Å². The highest BCUT2D eigenvalue weighted by Gasteiger charge is 2.32. The van der Waals surface area contributed by atoms with E-state index in [-0.39, 0.29) is 17.2 Å². The van der Waals surface area contributed by atoms with Crippen LogP contribution < -0.4 is 5.32 Å². The van der Waals surface area contributed by atoms with Crippen molar-refractivity contribution < 1.29 is 13.2 Å². The van der Waals surface area contributed by atoms with Gasteiger partial charge in [-0.25, -0.2) is 8.42 Å². The van der Waals surface area contributed by atoms with Crippen LogP contribution in [-0.2, 0) is 27.8 Å². The molecule has 8 heteroatoms. The summed E-state index contributed by atoms with van der Waals surface area (Å²) in [6.07, 6.45) is 2.89. The molecule has 1 saturated heterocycles. The largest absolute Gasteiger partial charge is 0.326 e. The lowest BCUT2D eigenvalue weighted by Gasteiger charge is -2.29. The second-order valence-corrected chi connectivity index (χ2v) is 10.0. The number of nitrogens with zero attached hydrogens (tertiary/aromatic N) is 3. The van der Waals surface area contributed by atoms with Gasteiger partial charge in [-0.1, -0.05) is 26.0 Å². The summed E-state index contributed by atoms with van der Waals surface area (Å²) >= 11 is 0. The highest BCUT2D eigenvalue weighted by molar-refractivity contribution is 7.89. The standard InChI is InChI=1S/C22H32N4O3S/c1-5-19-7-6-8-20(15-19)23-21(27)11-14-26-18(4)22(17(3)24-26)30(28,29)25-12-9-16(2)10-13-25/h6-8,15-16H,5,9-14H2,1-4H3,(H,23,27). The highest BCUT2D eigenvalue weighted by atomic mass is 32.2. The Morgan fingerprint density at radius 2 is 1.93 bits per heavy atom. The van der Waals surface area contributed by atoms with Crippen LogP contribution in [0.5, 0.6) is 0 Å². The van der Waals surface area contributed by atoms with Crippen molar-refractivity contribution in [2.75, 3.05) is 18.4 Å². The first kappa shape index (κ1) is 22.5. The second-order valence-electron chi connectivity index (χ2n) is 8.16. The summed E-state index contributed by atoms with van der Waals surface area (Å²) < 4.78 is 29.6. The van der Waals surface area contributed by atoms with Crippen LogP contribution in [0.1, 0.15) is 50.1 Å². The van der Waals surface area contributed by atoms with Gasteiger partial charge in [0.25, 0.3) is 0 Å². The highest BCUT2D eigenvalue weighted by Crippen LogP contribution is 2.27. The molecule has 1 aliphatic heterocycles. The van der Waals surface area contributed by atoms with E-state index in [2.05, 4.69) is 24.3 Å². The molecule has 0 saturated carbocycles. The SMILES string of the molecule is CCc1cccc(NC(=O)CCn2nc(C)c(S(=O)(=O)N3CCC(C)CC3)c2C)c1. The third-order valence-corrected chi connectivity index (χ3v) is 7.98. The van der Waals surface area contributed by atoms with Gasteiger partial charge in [0.15, 0.2) is 0 Å². The Hall–Kier alpha value is -2.19. The maximum atomic E-state index is 13.2. The van der Waals surface area contributed by atoms with E-state index in [0.29, 0.717) is 36.9 Å². The number of aryl methyl sites for hydroxylation is 3. The third kappa shape index (κ3) is 4.92.